The molecule has 7 nitrogen and oxygen atoms in total. The van der Waals surface area contributed by atoms with Gasteiger partial charge in [-0.25, -0.2) is 4.99 Å². The minimum Gasteiger partial charge on any atom is -0.368 e. The van der Waals surface area contributed by atoms with Crippen LogP contribution in [0.3, 0.4) is 0 Å². The Hall–Kier alpha value is -2.22. The average Bonchev–Trinajstić information content (AvgIpc) is 3.12. The second kappa shape index (κ2) is 10.8. The highest BCUT2D eigenvalue weighted by Gasteiger charge is 2.24. The SMILES string of the molecule is CCNC(=NCc1ccc(C(=O)NCC(N)=O)cc1)NC1CCC(SC)C1. The van der Waals surface area contributed by atoms with Crippen molar-refractivity contribution >= 4 is 29.5 Å². The highest BCUT2D eigenvalue weighted by Crippen LogP contribution is 2.28. The van der Waals surface area contributed by atoms with E-state index in [1.54, 1.807) is 12.1 Å². The topological polar surface area (TPSA) is 109 Å². The number of hydrogen-bond acceptors (Lipinski definition) is 4. The number of thioether (sulfide) groups is 1. The number of carbonyl (C=O) groups is 2. The Morgan fingerprint density at radius 1 is 1.22 bits per heavy atom. The van der Waals surface area contributed by atoms with Gasteiger partial charge in [0.15, 0.2) is 5.96 Å². The molecule has 1 aliphatic carbocycles. The summed E-state index contributed by atoms with van der Waals surface area (Å²) in [5.74, 6) is -0.0557. The van der Waals surface area contributed by atoms with Crippen molar-refractivity contribution in [2.24, 2.45) is 10.7 Å². The normalized spacial score (nSPS) is 19.6. The molecular weight excluding hydrogens is 362 g/mol. The average molecular weight is 392 g/mol. The van der Waals surface area contributed by atoms with Gasteiger partial charge >= 0.3 is 0 Å². The molecule has 2 rings (SSSR count). The number of amides is 2. The summed E-state index contributed by atoms with van der Waals surface area (Å²) in [6.45, 7) is 3.22. The zero-order valence-corrected chi connectivity index (χ0v) is 16.8. The molecule has 0 bridgehead atoms. The van der Waals surface area contributed by atoms with E-state index >= 15 is 0 Å². The Kier molecular flexibility index (Phi) is 8.44. The minimum atomic E-state index is -0.566. The van der Waals surface area contributed by atoms with Gasteiger partial charge in [-0.1, -0.05) is 12.1 Å². The van der Waals surface area contributed by atoms with Gasteiger partial charge in [-0.2, -0.15) is 11.8 Å². The van der Waals surface area contributed by atoms with Gasteiger partial charge in [-0.15, -0.1) is 0 Å². The zero-order valence-electron chi connectivity index (χ0n) is 16.0. The van der Waals surface area contributed by atoms with E-state index in [4.69, 9.17) is 5.73 Å². The summed E-state index contributed by atoms with van der Waals surface area (Å²) < 4.78 is 0. The number of nitrogens with one attached hydrogen (secondary N) is 3. The lowest BCUT2D eigenvalue weighted by molar-refractivity contribution is -0.117. The molecule has 1 aromatic rings. The van der Waals surface area contributed by atoms with Crippen molar-refractivity contribution in [2.75, 3.05) is 19.3 Å². The van der Waals surface area contributed by atoms with Crippen LogP contribution in [0.5, 0.6) is 0 Å². The first kappa shape index (κ1) is 21.1. The Bertz CT molecular complexity index is 663. The maximum Gasteiger partial charge on any atom is 0.251 e. The van der Waals surface area contributed by atoms with E-state index in [-0.39, 0.29) is 12.5 Å². The molecule has 2 amide bonds. The van der Waals surface area contributed by atoms with Crippen LogP contribution in [0.2, 0.25) is 0 Å². The van der Waals surface area contributed by atoms with Crippen LogP contribution in [0.15, 0.2) is 29.3 Å². The predicted molar refractivity (Wildman–Crippen MR) is 111 cm³/mol. The molecule has 0 spiro atoms. The number of benzene rings is 1. The first-order valence-corrected chi connectivity index (χ1v) is 10.5. The molecule has 0 aliphatic heterocycles. The number of guanidine groups is 1. The van der Waals surface area contributed by atoms with Gasteiger partial charge in [-0.3, -0.25) is 9.59 Å². The molecule has 2 unspecified atom stereocenters. The zero-order chi connectivity index (χ0) is 19.6. The number of nitrogens with zero attached hydrogens (tertiary/aromatic N) is 1. The fraction of sp³-hybridized carbons (Fsp3) is 0.526. The van der Waals surface area contributed by atoms with Crippen LogP contribution >= 0.6 is 11.8 Å². The van der Waals surface area contributed by atoms with Gasteiger partial charge in [0.05, 0.1) is 13.1 Å². The third-order valence-electron chi connectivity index (χ3n) is 4.46. The van der Waals surface area contributed by atoms with E-state index in [2.05, 4.69) is 34.1 Å². The first-order chi connectivity index (χ1) is 13.0. The summed E-state index contributed by atoms with van der Waals surface area (Å²) in [6, 6.07) is 7.65. The second-order valence-corrected chi connectivity index (χ2v) is 7.69. The van der Waals surface area contributed by atoms with E-state index < -0.39 is 5.91 Å². The van der Waals surface area contributed by atoms with Crippen molar-refractivity contribution < 1.29 is 9.59 Å². The Balaban J connectivity index is 1.91. The van der Waals surface area contributed by atoms with Crippen LogP contribution in [0.1, 0.15) is 42.1 Å². The fourth-order valence-electron chi connectivity index (χ4n) is 3.00. The molecule has 2 atom stereocenters. The smallest absolute Gasteiger partial charge is 0.251 e. The largest absolute Gasteiger partial charge is 0.368 e. The molecule has 1 saturated carbocycles. The monoisotopic (exact) mass is 391 g/mol. The summed E-state index contributed by atoms with van der Waals surface area (Å²) in [5.41, 5.74) is 6.52. The van der Waals surface area contributed by atoms with E-state index in [0.717, 1.165) is 23.3 Å². The molecular formula is C19H29N5O2S. The summed E-state index contributed by atoms with van der Waals surface area (Å²) in [7, 11) is 0. The summed E-state index contributed by atoms with van der Waals surface area (Å²) in [5, 5.41) is 10.0. The Morgan fingerprint density at radius 2 is 1.96 bits per heavy atom. The van der Waals surface area contributed by atoms with E-state index in [1.807, 2.05) is 23.9 Å². The first-order valence-electron chi connectivity index (χ1n) is 9.25. The number of carbonyl (C=O) groups excluding carboxylic acids is 2. The molecule has 0 heterocycles. The van der Waals surface area contributed by atoms with Crippen molar-refractivity contribution in [3.8, 4) is 0 Å². The van der Waals surface area contributed by atoms with E-state index in [0.29, 0.717) is 18.2 Å². The summed E-state index contributed by atoms with van der Waals surface area (Å²) in [4.78, 5) is 27.3. The van der Waals surface area contributed by atoms with Crippen molar-refractivity contribution in [1.29, 1.82) is 0 Å². The lowest BCUT2D eigenvalue weighted by Crippen LogP contribution is -2.42. The van der Waals surface area contributed by atoms with Crippen LogP contribution < -0.4 is 21.7 Å². The fourth-order valence-corrected chi connectivity index (χ4v) is 3.80. The molecule has 8 heteroatoms. The lowest BCUT2D eigenvalue weighted by Gasteiger charge is -2.17. The van der Waals surface area contributed by atoms with Crippen LogP contribution in [-0.4, -0.2) is 48.4 Å². The van der Waals surface area contributed by atoms with Gasteiger partial charge < -0.3 is 21.7 Å². The van der Waals surface area contributed by atoms with Crippen molar-refractivity contribution in [1.82, 2.24) is 16.0 Å². The quantitative estimate of drug-likeness (QED) is 0.394. The predicted octanol–water partition coefficient (Wildman–Crippen LogP) is 1.24. The molecule has 1 aliphatic rings. The number of primary amides is 1. The molecule has 1 aromatic carbocycles. The van der Waals surface area contributed by atoms with Gasteiger partial charge in [0, 0.05) is 23.4 Å². The summed E-state index contributed by atoms with van der Waals surface area (Å²) >= 11 is 1.94. The van der Waals surface area contributed by atoms with Crippen molar-refractivity contribution in [2.45, 2.75) is 44.0 Å². The molecule has 0 saturated heterocycles. The van der Waals surface area contributed by atoms with Gasteiger partial charge in [0.1, 0.15) is 0 Å². The van der Waals surface area contributed by atoms with Crippen LogP contribution in [0.25, 0.3) is 0 Å². The molecule has 1 fully saturated rings. The molecule has 27 heavy (non-hydrogen) atoms. The van der Waals surface area contributed by atoms with E-state index in [9.17, 15) is 9.59 Å². The van der Waals surface area contributed by atoms with Crippen LogP contribution in [0, 0.1) is 0 Å². The molecule has 148 valence electrons. The highest BCUT2D eigenvalue weighted by molar-refractivity contribution is 7.99. The molecule has 0 aromatic heterocycles. The second-order valence-electron chi connectivity index (χ2n) is 6.55. The Morgan fingerprint density at radius 3 is 2.56 bits per heavy atom. The van der Waals surface area contributed by atoms with Gasteiger partial charge in [-0.05, 0) is 50.1 Å². The highest BCUT2D eigenvalue weighted by atomic mass is 32.2. The van der Waals surface area contributed by atoms with Crippen molar-refractivity contribution in [3.63, 3.8) is 0 Å². The van der Waals surface area contributed by atoms with Crippen molar-refractivity contribution in [3.05, 3.63) is 35.4 Å². The lowest BCUT2D eigenvalue weighted by atomic mass is 10.1. The Labute approximate surface area is 165 Å². The number of hydrogen-bond donors (Lipinski definition) is 4. The number of rotatable bonds is 8. The van der Waals surface area contributed by atoms with Crippen LogP contribution in [-0.2, 0) is 11.3 Å². The molecule has 0 radical (unpaired) electrons. The van der Waals surface area contributed by atoms with Gasteiger partial charge in [0.2, 0.25) is 5.91 Å². The molecule has 5 N–H and O–H groups in total. The third kappa shape index (κ3) is 7.13. The number of aliphatic imine (C=N–C) groups is 1. The standard InChI is InChI=1S/C19H29N5O2S/c1-3-21-19(24-15-8-9-16(10-15)27-2)23-11-13-4-6-14(7-5-13)18(26)22-12-17(20)25/h4-7,15-16H,3,8-12H2,1-2H3,(H2,20,25)(H,22,26)(H2,21,23,24). The van der Waals surface area contributed by atoms with Crippen LogP contribution in [0.4, 0.5) is 0 Å². The maximum atomic E-state index is 11.9. The van der Waals surface area contributed by atoms with E-state index in [1.165, 1.54) is 19.3 Å². The third-order valence-corrected chi connectivity index (χ3v) is 5.56. The minimum absolute atomic E-state index is 0.166. The maximum absolute atomic E-state index is 11.9. The van der Waals surface area contributed by atoms with Gasteiger partial charge in [0.25, 0.3) is 5.91 Å². The number of nitrogens with two attached hydrogens (primary N) is 1. The summed E-state index contributed by atoms with van der Waals surface area (Å²) in [6.07, 6.45) is 5.76.